The third kappa shape index (κ3) is 2.73. The van der Waals surface area contributed by atoms with Crippen LogP contribution in [-0.4, -0.2) is 16.5 Å². The van der Waals surface area contributed by atoms with Gasteiger partial charge in [-0.3, -0.25) is 4.79 Å². The maximum atomic E-state index is 12.5. The molecule has 4 aliphatic carbocycles. The molecule has 0 bridgehead atoms. The number of hydrogen-bond acceptors (Lipinski definition) is 2. The fourth-order valence-corrected chi connectivity index (χ4v) is 8.06. The molecule has 4 fully saturated rings. The van der Waals surface area contributed by atoms with Gasteiger partial charge in [0.1, 0.15) is 5.78 Å². The average Bonchev–Trinajstić information content (AvgIpc) is 2.98. The molecule has 4 saturated carbocycles. The lowest BCUT2D eigenvalue weighted by Gasteiger charge is -2.57. The summed E-state index contributed by atoms with van der Waals surface area (Å²) in [6, 6.07) is 0. The van der Waals surface area contributed by atoms with Crippen LogP contribution in [0.4, 0.5) is 0 Å². The predicted molar refractivity (Wildman–Crippen MR) is 101 cm³/mol. The summed E-state index contributed by atoms with van der Waals surface area (Å²) in [5.41, 5.74) is -0.0803. The number of aliphatic hydroxyl groups is 1. The van der Waals surface area contributed by atoms with Gasteiger partial charge < -0.3 is 5.11 Å². The van der Waals surface area contributed by atoms with Crippen LogP contribution < -0.4 is 0 Å². The van der Waals surface area contributed by atoms with Crippen molar-refractivity contribution in [1.82, 2.24) is 0 Å². The molecular weight excluding hydrogens is 308 g/mol. The van der Waals surface area contributed by atoms with Gasteiger partial charge in [0, 0.05) is 12.3 Å². The lowest BCUT2D eigenvalue weighted by Crippen LogP contribution is -2.51. The Hall–Kier alpha value is -0.370. The lowest BCUT2D eigenvalue weighted by atomic mass is 9.48. The van der Waals surface area contributed by atoms with E-state index >= 15 is 0 Å². The number of Topliss-reactive ketones (excluding diaryl/α,β-unsaturated/α-hetero) is 1. The molecule has 0 aromatic rings. The number of fused-ring (bicyclic) bond motifs is 5. The number of hydrogen-bond donors (Lipinski definition) is 1. The molecule has 4 aliphatic rings. The molecule has 0 aromatic carbocycles. The molecule has 2 heteroatoms. The zero-order chi connectivity index (χ0) is 17.8. The standard InChI is InChI=1S/C23H38O2/c1-4-21(24)20-9-8-19-18-7-6-15-14-23(25,5-2)13-11-16(15)17(18)10-12-22(19,20)3/h15-20,25H,4-14H2,1-3H3/t15-,16+,17-,18-,19+,20-,22+,23-/m1/s1. The zero-order valence-electron chi connectivity index (χ0n) is 16.6. The van der Waals surface area contributed by atoms with Crippen molar-refractivity contribution in [3.05, 3.63) is 0 Å². The van der Waals surface area contributed by atoms with E-state index in [2.05, 4.69) is 13.8 Å². The Bertz CT molecular complexity index is 528. The smallest absolute Gasteiger partial charge is 0.136 e. The second-order valence-corrected chi connectivity index (χ2v) is 10.3. The number of ketones is 1. The number of carbonyl (C=O) groups excluding carboxylic acids is 1. The average molecular weight is 347 g/mol. The summed E-state index contributed by atoms with van der Waals surface area (Å²) in [6.07, 6.45) is 12.7. The Balaban J connectivity index is 1.52. The van der Waals surface area contributed by atoms with Crippen molar-refractivity contribution in [2.24, 2.45) is 40.9 Å². The van der Waals surface area contributed by atoms with Crippen LogP contribution in [0.3, 0.4) is 0 Å². The number of carbonyl (C=O) groups is 1. The van der Waals surface area contributed by atoms with Gasteiger partial charge in [0.2, 0.25) is 0 Å². The minimum Gasteiger partial charge on any atom is -0.390 e. The minimum absolute atomic E-state index is 0.292. The molecular formula is C23H38O2. The van der Waals surface area contributed by atoms with Crippen molar-refractivity contribution >= 4 is 5.78 Å². The zero-order valence-corrected chi connectivity index (χ0v) is 16.6. The lowest BCUT2D eigenvalue weighted by molar-refractivity contribution is -0.132. The van der Waals surface area contributed by atoms with Crippen molar-refractivity contribution in [2.45, 2.75) is 97.0 Å². The summed E-state index contributed by atoms with van der Waals surface area (Å²) in [6.45, 7) is 6.66. The number of rotatable bonds is 3. The van der Waals surface area contributed by atoms with Crippen molar-refractivity contribution in [1.29, 1.82) is 0 Å². The molecule has 1 N–H and O–H groups in total. The summed E-state index contributed by atoms with van der Waals surface area (Å²) in [5, 5.41) is 10.8. The predicted octanol–water partition coefficient (Wildman–Crippen LogP) is 5.38. The first-order valence-corrected chi connectivity index (χ1v) is 11.2. The first kappa shape index (κ1) is 18.0. The fraction of sp³-hybridized carbons (Fsp3) is 0.957. The summed E-state index contributed by atoms with van der Waals surface area (Å²) in [4.78, 5) is 12.5. The molecule has 0 aromatic heterocycles. The van der Waals surface area contributed by atoms with Crippen molar-refractivity contribution in [2.75, 3.05) is 0 Å². The second kappa shape index (κ2) is 6.36. The second-order valence-electron chi connectivity index (χ2n) is 10.3. The van der Waals surface area contributed by atoms with E-state index in [9.17, 15) is 9.90 Å². The molecule has 0 heterocycles. The van der Waals surface area contributed by atoms with E-state index in [1.54, 1.807) is 0 Å². The topological polar surface area (TPSA) is 37.3 Å². The Morgan fingerprint density at radius 1 is 0.960 bits per heavy atom. The normalized spacial score (nSPS) is 52.2. The van der Waals surface area contributed by atoms with Gasteiger partial charge in [0.25, 0.3) is 0 Å². The molecule has 25 heavy (non-hydrogen) atoms. The van der Waals surface area contributed by atoms with E-state index in [1.807, 2.05) is 6.92 Å². The summed E-state index contributed by atoms with van der Waals surface area (Å²) < 4.78 is 0. The summed E-state index contributed by atoms with van der Waals surface area (Å²) >= 11 is 0. The van der Waals surface area contributed by atoms with Crippen LogP contribution in [0, 0.1) is 40.9 Å². The van der Waals surface area contributed by atoms with Crippen LogP contribution in [-0.2, 0) is 4.79 Å². The van der Waals surface area contributed by atoms with Gasteiger partial charge in [-0.25, -0.2) is 0 Å². The Morgan fingerprint density at radius 3 is 2.44 bits per heavy atom. The highest BCUT2D eigenvalue weighted by molar-refractivity contribution is 5.81. The Morgan fingerprint density at radius 2 is 1.72 bits per heavy atom. The Labute approximate surface area is 154 Å². The molecule has 142 valence electrons. The molecule has 4 rings (SSSR count). The van der Waals surface area contributed by atoms with E-state index < -0.39 is 0 Å². The van der Waals surface area contributed by atoms with Gasteiger partial charge in [-0.2, -0.15) is 0 Å². The van der Waals surface area contributed by atoms with E-state index in [-0.39, 0.29) is 5.60 Å². The van der Waals surface area contributed by atoms with Crippen molar-refractivity contribution in [3.8, 4) is 0 Å². The summed E-state index contributed by atoms with van der Waals surface area (Å²) in [7, 11) is 0. The highest BCUT2D eigenvalue weighted by Crippen LogP contribution is 2.64. The van der Waals surface area contributed by atoms with E-state index in [1.165, 1.54) is 38.5 Å². The van der Waals surface area contributed by atoms with E-state index in [0.29, 0.717) is 17.1 Å². The molecule has 8 atom stereocenters. The van der Waals surface area contributed by atoms with Crippen molar-refractivity contribution in [3.63, 3.8) is 0 Å². The summed E-state index contributed by atoms with van der Waals surface area (Å²) in [5.74, 6) is 5.03. The molecule has 2 nitrogen and oxygen atoms in total. The van der Waals surface area contributed by atoms with Crippen LogP contribution in [0.2, 0.25) is 0 Å². The van der Waals surface area contributed by atoms with Gasteiger partial charge in [-0.1, -0.05) is 20.8 Å². The maximum absolute atomic E-state index is 12.5. The van der Waals surface area contributed by atoms with Gasteiger partial charge in [-0.15, -0.1) is 0 Å². The third-order valence-corrected chi connectivity index (χ3v) is 9.50. The molecule has 0 radical (unpaired) electrons. The van der Waals surface area contributed by atoms with Gasteiger partial charge >= 0.3 is 0 Å². The van der Waals surface area contributed by atoms with Gasteiger partial charge in [-0.05, 0) is 99.2 Å². The van der Waals surface area contributed by atoms with Crippen LogP contribution in [0.5, 0.6) is 0 Å². The van der Waals surface area contributed by atoms with Gasteiger partial charge in [0.05, 0.1) is 5.60 Å². The highest BCUT2D eigenvalue weighted by atomic mass is 16.3. The largest absolute Gasteiger partial charge is 0.390 e. The van der Waals surface area contributed by atoms with E-state index in [0.717, 1.165) is 61.7 Å². The maximum Gasteiger partial charge on any atom is 0.136 e. The van der Waals surface area contributed by atoms with Crippen LogP contribution in [0.1, 0.15) is 91.4 Å². The fourth-order valence-electron chi connectivity index (χ4n) is 8.06. The molecule has 0 unspecified atom stereocenters. The minimum atomic E-state index is -0.372. The molecule has 0 saturated heterocycles. The SMILES string of the molecule is CCC(=O)[C@H]1CC[C@H]2[C@@H]3CC[C@@H]4C[C@@](O)(CC)CC[C@@H]4[C@H]3CC[C@]12C. The third-order valence-electron chi connectivity index (χ3n) is 9.50. The quantitative estimate of drug-likeness (QED) is 0.745. The highest BCUT2D eigenvalue weighted by Gasteiger charge is 2.58. The first-order chi connectivity index (χ1) is 11.9. The van der Waals surface area contributed by atoms with Crippen LogP contribution >= 0.6 is 0 Å². The van der Waals surface area contributed by atoms with Crippen LogP contribution in [0.25, 0.3) is 0 Å². The molecule has 0 amide bonds. The first-order valence-electron chi connectivity index (χ1n) is 11.2. The van der Waals surface area contributed by atoms with Crippen LogP contribution in [0.15, 0.2) is 0 Å². The van der Waals surface area contributed by atoms with E-state index in [4.69, 9.17) is 0 Å². The monoisotopic (exact) mass is 346 g/mol. The van der Waals surface area contributed by atoms with Crippen molar-refractivity contribution < 1.29 is 9.90 Å². The van der Waals surface area contributed by atoms with Gasteiger partial charge in [0.15, 0.2) is 0 Å². The molecule has 0 aliphatic heterocycles. The Kier molecular flexibility index (Phi) is 4.58. The molecule has 0 spiro atoms.